The van der Waals surface area contributed by atoms with Gasteiger partial charge in [0.25, 0.3) is 5.91 Å². The second kappa shape index (κ2) is 5.56. The van der Waals surface area contributed by atoms with E-state index in [1.54, 1.807) is 6.92 Å². The highest BCUT2D eigenvalue weighted by molar-refractivity contribution is 5.98. The van der Waals surface area contributed by atoms with E-state index in [0.717, 1.165) is 5.56 Å². The molecular formula is C14H16N4O2. The lowest BCUT2D eigenvalue weighted by atomic mass is 10.1. The molecule has 1 aromatic carbocycles. The second-order valence-corrected chi connectivity index (χ2v) is 4.19. The molecule has 6 heteroatoms. The molecule has 1 aromatic heterocycles. The molecule has 104 valence electrons. The standard InChI is InChI=1S/C14H16N4O2/c1-3-20-10-7-5-4-6-9(10)14-17-8(2)11(13(16)19)12(15)18-14/h4-7H,3H2,1-2H3,(H2,16,19)(H2,15,17,18). The minimum atomic E-state index is -0.635. The van der Waals surface area contributed by atoms with Gasteiger partial charge in [-0.25, -0.2) is 9.97 Å². The molecule has 2 rings (SSSR count). The van der Waals surface area contributed by atoms with Crippen molar-refractivity contribution in [3.05, 3.63) is 35.5 Å². The number of benzene rings is 1. The molecule has 0 unspecified atom stereocenters. The fourth-order valence-electron chi connectivity index (χ4n) is 1.95. The minimum absolute atomic E-state index is 0.0753. The number of ether oxygens (including phenoxy) is 1. The van der Waals surface area contributed by atoms with E-state index in [4.69, 9.17) is 16.2 Å². The molecule has 2 aromatic rings. The number of nitrogens with zero attached hydrogens (tertiary/aromatic N) is 2. The van der Waals surface area contributed by atoms with Crippen molar-refractivity contribution in [1.29, 1.82) is 0 Å². The molecule has 0 bridgehead atoms. The molecule has 0 atom stereocenters. The summed E-state index contributed by atoms with van der Waals surface area (Å²) in [5, 5.41) is 0. The van der Waals surface area contributed by atoms with E-state index in [-0.39, 0.29) is 11.4 Å². The normalized spacial score (nSPS) is 10.3. The predicted octanol–water partition coefficient (Wildman–Crippen LogP) is 1.53. The van der Waals surface area contributed by atoms with E-state index in [1.807, 2.05) is 31.2 Å². The first-order valence-corrected chi connectivity index (χ1v) is 6.20. The van der Waals surface area contributed by atoms with Gasteiger partial charge < -0.3 is 16.2 Å². The number of aromatic nitrogens is 2. The summed E-state index contributed by atoms with van der Waals surface area (Å²) in [4.78, 5) is 19.7. The largest absolute Gasteiger partial charge is 0.493 e. The van der Waals surface area contributed by atoms with Crippen LogP contribution in [0.2, 0.25) is 0 Å². The van der Waals surface area contributed by atoms with E-state index in [2.05, 4.69) is 9.97 Å². The van der Waals surface area contributed by atoms with Gasteiger partial charge in [0.2, 0.25) is 0 Å². The minimum Gasteiger partial charge on any atom is -0.493 e. The monoisotopic (exact) mass is 272 g/mol. The maximum atomic E-state index is 11.3. The van der Waals surface area contributed by atoms with Crippen molar-refractivity contribution in [2.75, 3.05) is 12.3 Å². The highest BCUT2D eigenvalue weighted by Crippen LogP contribution is 2.28. The average molecular weight is 272 g/mol. The van der Waals surface area contributed by atoms with E-state index >= 15 is 0 Å². The summed E-state index contributed by atoms with van der Waals surface area (Å²) in [5.41, 5.74) is 12.4. The quantitative estimate of drug-likeness (QED) is 0.878. The molecule has 20 heavy (non-hydrogen) atoms. The van der Waals surface area contributed by atoms with E-state index in [1.165, 1.54) is 0 Å². The van der Waals surface area contributed by atoms with Crippen LogP contribution in [0.1, 0.15) is 23.0 Å². The Morgan fingerprint density at radius 3 is 2.60 bits per heavy atom. The molecular weight excluding hydrogens is 256 g/mol. The van der Waals surface area contributed by atoms with Crippen LogP contribution >= 0.6 is 0 Å². The molecule has 6 nitrogen and oxygen atoms in total. The summed E-state index contributed by atoms with van der Waals surface area (Å²) in [6.07, 6.45) is 0. The van der Waals surface area contributed by atoms with Crippen LogP contribution in [-0.4, -0.2) is 22.5 Å². The Bertz CT molecular complexity index is 632. The summed E-state index contributed by atoms with van der Waals surface area (Å²) in [7, 11) is 0. The van der Waals surface area contributed by atoms with Gasteiger partial charge in [-0.3, -0.25) is 4.79 Å². The van der Waals surface area contributed by atoms with Crippen LogP contribution in [0.25, 0.3) is 11.4 Å². The van der Waals surface area contributed by atoms with Crippen LogP contribution in [0.4, 0.5) is 5.82 Å². The van der Waals surface area contributed by atoms with Crippen molar-refractivity contribution in [3.63, 3.8) is 0 Å². The van der Waals surface area contributed by atoms with Gasteiger partial charge in [0.15, 0.2) is 5.82 Å². The summed E-state index contributed by atoms with van der Waals surface area (Å²) < 4.78 is 5.54. The number of nitrogens with two attached hydrogens (primary N) is 2. The summed E-state index contributed by atoms with van der Waals surface area (Å²) in [6, 6.07) is 7.38. The van der Waals surface area contributed by atoms with Crippen LogP contribution in [0, 0.1) is 6.92 Å². The maximum absolute atomic E-state index is 11.3. The molecule has 0 saturated carbocycles. The molecule has 1 heterocycles. The van der Waals surface area contributed by atoms with Crippen LogP contribution in [0.15, 0.2) is 24.3 Å². The zero-order valence-corrected chi connectivity index (χ0v) is 11.4. The average Bonchev–Trinajstić information content (AvgIpc) is 2.38. The van der Waals surface area contributed by atoms with Crippen molar-refractivity contribution in [2.45, 2.75) is 13.8 Å². The molecule has 4 N–H and O–H groups in total. The van der Waals surface area contributed by atoms with Gasteiger partial charge in [-0.15, -0.1) is 0 Å². The Balaban J connectivity index is 2.57. The topological polar surface area (TPSA) is 104 Å². The number of anilines is 1. The molecule has 0 aliphatic heterocycles. The maximum Gasteiger partial charge on any atom is 0.254 e. The smallest absolute Gasteiger partial charge is 0.254 e. The Morgan fingerprint density at radius 1 is 1.30 bits per heavy atom. The first kappa shape index (κ1) is 13.8. The van der Waals surface area contributed by atoms with Gasteiger partial charge in [0.05, 0.1) is 17.9 Å². The fourth-order valence-corrected chi connectivity index (χ4v) is 1.95. The number of nitrogen functional groups attached to an aromatic ring is 1. The second-order valence-electron chi connectivity index (χ2n) is 4.19. The van der Waals surface area contributed by atoms with Gasteiger partial charge in [0, 0.05) is 0 Å². The molecule has 0 saturated heterocycles. The van der Waals surface area contributed by atoms with E-state index in [9.17, 15) is 4.79 Å². The predicted molar refractivity (Wildman–Crippen MR) is 76.3 cm³/mol. The number of aryl methyl sites for hydroxylation is 1. The highest BCUT2D eigenvalue weighted by Gasteiger charge is 2.16. The summed E-state index contributed by atoms with van der Waals surface area (Å²) in [5.74, 6) is 0.519. The molecule has 0 radical (unpaired) electrons. The molecule has 0 aliphatic carbocycles. The van der Waals surface area contributed by atoms with Crippen molar-refractivity contribution >= 4 is 11.7 Å². The first-order valence-electron chi connectivity index (χ1n) is 6.20. The number of primary amides is 1. The van der Waals surface area contributed by atoms with Gasteiger partial charge >= 0.3 is 0 Å². The molecule has 1 amide bonds. The third kappa shape index (κ3) is 2.54. The Morgan fingerprint density at radius 2 is 2.00 bits per heavy atom. The van der Waals surface area contributed by atoms with Crippen LogP contribution in [-0.2, 0) is 0 Å². The number of hydrogen-bond donors (Lipinski definition) is 2. The number of hydrogen-bond acceptors (Lipinski definition) is 5. The van der Waals surface area contributed by atoms with Crippen molar-refractivity contribution in [2.24, 2.45) is 5.73 Å². The van der Waals surface area contributed by atoms with Gasteiger partial charge in [-0.1, -0.05) is 12.1 Å². The number of rotatable bonds is 4. The third-order valence-electron chi connectivity index (χ3n) is 2.79. The molecule has 0 aliphatic rings. The molecule has 0 fully saturated rings. The van der Waals surface area contributed by atoms with Gasteiger partial charge in [0.1, 0.15) is 17.1 Å². The van der Waals surface area contributed by atoms with Crippen molar-refractivity contribution in [1.82, 2.24) is 9.97 Å². The summed E-state index contributed by atoms with van der Waals surface area (Å²) in [6.45, 7) is 4.10. The van der Waals surface area contributed by atoms with Crippen LogP contribution in [0.3, 0.4) is 0 Å². The number of carbonyl (C=O) groups is 1. The van der Waals surface area contributed by atoms with E-state index < -0.39 is 5.91 Å². The summed E-state index contributed by atoms with van der Waals surface area (Å²) >= 11 is 0. The van der Waals surface area contributed by atoms with E-state index in [0.29, 0.717) is 23.9 Å². The SMILES string of the molecule is CCOc1ccccc1-c1nc(C)c(C(N)=O)c(N)n1. The number of carbonyl (C=O) groups excluding carboxylic acids is 1. The van der Waals surface area contributed by atoms with Gasteiger partial charge in [-0.2, -0.15) is 0 Å². The Labute approximate surface area is 116 Å². The fraction of sp³-hybridized carbons (Fsp3) is 0.214. The Hall–Kier alpha value is -2.63. The Kier molecular flexibility index (Phi) is 3.84. The highest BCUT2D eigenvalue weighted by atomic mass is 16.5. The zero-order chi connectivity index (χ0) is 14.7. The number of amides is 1. The van der Waals surface area contributed by atoms with Gasteiger partial charge in [-0.05, 0) is 26.0 Å². The lowest BCUT2D eigenvalue weighted by Crippen LogP contribution is -2.18. The van der Waals surface area contributed by atoms with Crippen molar-refractivity contribution in [3.8, 4) is 17.1 Å². The number of para-hydroxylation sites is 1. The zero-order valence-electron chi connectivity index (χ0n) is 11.4. The van der Waals surface area contributed by atoms with Crippen LogP contribution < -0.4 is 16.2 Å². The first-order chi connectivity index (χ1) is 9.54. The van der Waals surface area contributed by atoms with Crippen LogP contribution in [0.5, 0.6) is 5.75 Å². The molecule has 0 spiro atoms. The lowest BCUT2D eigenvalue weighted by molar-refractivity contribution is 0.1000. The third-order valence-corrected chi connectivity index (χ3v) is 2.79. The van der Waals surface area contributed by atoms with Crippen molar-refractivity contribution < 1.29 is 9.53 Å². The lowest BCUT2D eigenvalue weighted by Gasteiger charge is -2.11.